The number of hydrogen-bond donors (Lipinski definition) is 1. The standard InChI is InChI=1S/C23H19N3O6/c1-14-3-5-16(6-4-14)12-25-22(28)19(11-24)15(2)21(23(25)29)20(27)13-32-18-9-7-17(8-10-18)26(30)31/h3-10,29H,12-13H2,1-2H3. The average Bonchev–Trinajstić information content (AvgIpc) is 2.77. The number of nitriles is 1. The summed E-state index contributed by atoms with van der Waals surface area (Å²) in [6.07, 6.45) is 0. The summed E-state index contributed by atoms with van der Waals surface area (Å²) in [5, 5.41) is 30.9. The summed E-state index contributed by atoms with van der Waals surface area (Å²) >= 11 is 0. The van der Waals surface area contributed by atoms with E-state index < -0.39 is 28.8 Å². The van der Waals surface area contributed by atoms with Gasteiger partial charge in [0.2, 0.25) is 11.7 Å². The van der Waals surface area contributed by atoms with Crippen LogP contribution in [0.1, 0.15) is 32.6 Å². The number of hydrogen-bond acceptors (Lipinski definition) is 7. The Morgan fingerprint density at radius 3 is 2.34 bits per heavy atom. The van der Waals surface area contributed by atoms with Crippen molar-refractivity contribution in [2.24, 2.45) is 0 Å². The van der Waals surface area contributed by atoms with Crippen molar-refractivity contribution in [3.63, 3.8) is 0 Å². The quantitative estimate of drug-likeness (QED) is 0.343. The Labute approximate surface area is 182 Å². The maximum atomic E-state index is 12.8. The van der Waals surface area contributed by atoms with Crippen LogP contribution in [0.5, 0.6) is 11.6 Å². The van der Waals surface area contributed by atoms with Crippen LogP contribution in [0.25, 0.3) is 0 Å². The van der Waals surface area contributed by atoms with E-state index >= 15 is 0 Å². The predicted octanol–water partition coefficient (Wildman–Crippen LogP) is 3.26. The topological polar surface area (TPSA) is 135 Å². The number of nitro groups is 1. The van der Waals surface area contributed by atoms with Crippen molar-refractivity contribution in [3.8, 4) is 17.7 Å². The number of carbonyl (C=O) groups is 1. The molecule has 9 heteroatoms. The van der Waals surface area contributed by atoms with E-state index in [1.165, 1.54) is 31.2 Å². The van der Waals surface area contributed by atoms with E-state index in [9.17, 15) is 30.1 Å². The monoisotopic (exact) mass is 433 g/mol. The molecular weight excluding hydrogens is 414 g/mol. The Bertz CT molecular complexity index is 1290. The lowest BCUT2D eigenvalue weighted by atomic mass is 10.0. The van der Waals surface area contributed by atoms with Gasteiger partial charge in [-0.15, -0.1) is 0 Å². The fourth-order valence-electron chi connectivity index (χ4n) is 3.19. The van der Waals surface area contributed by atoms with Crippen LogP contribution in [0, 0.1) is 35.3 Å². The molecule has 0 atom stereocenters. The molecule has 0 aliphatic heterocycles. The number of Topliss-reactive ketones (excluding diaryl/α,β-unsaturated/α-hetero) is 1. The highest BCUT2D eigenvalue weighted by atomic mass is 16.6. The molecule has 0 radical (unpaired) electrons. The molecule has 0 saturated heterocycles. The lowest BCUT2D eigenvalue weighted by Crippen LogP contribution is -2.28. The van der Waals surface area contributed by atoms with E-state index in [0.29, 0.717) is 5.56 Å². The van der Waals surface area contributed by atoms with Gasteiger partial charge in [0.1, 0.15) is 17.4 Å². The molecule has 1 aromatic heterocycles. The van der Waals surface area contributed by atoms with Gasteiger partial charge in [0, 0.05) is 12.1 Å². The second kappa shape index (κ2) is 9.14. The molecule has 162 valence electrons. The second-order valence-electron chi connectivity index (χ2n) is 7.15. The number of aromatic hydroxyl groups is 1. The van der Waals surface area contributed by atoms with Gasteiger partial charge in [0.05, 0.1) is 17.0 Å². The van der Waals surface area contributed by atoms with Crippen molar-refractivity contribution in [2.75, 3.05) is 6.61 Å². The van der Waals surface area contributed by atoms with Crippen molar-refractivity contribution in [1.82, 2.24) is 4.57 Å². The SMILES string of the molecule is Cc1ccc(Cn2c(O)c(C(=O)COc3ccc([N+](=O)[O-])cc3)c(C)c(C#N)c2=O)cc1. The van der Waals surface area contributed by atoms with Crippen LogP contribution in [-0.2, 0) is 6.54 Å². The zero-order chi connectivity index (χ0) is 23.4. The summed E-state index contributed by atoms with van der Waals surface area (Å²) < 4.78 is 6.37. The van der Waals surface area contributed by atoms with Crippen molar-refractivity contribution < 1.29 is 19.6 Å². The van der Waals surface area contributed by atoms with Gasteiger partial charge in [-0.3, -0.25) is 24.3 Å². The van der Waals surface area contributed by atoms with E-state index in [4.69, 9.17) is 4.74 Å². The number of ketones is 1. The Morgan fingerprint density at radius 1 is 1.16 bits per heavy atom. The van der Waals surface area contributed by atoms with Crippen LogP contribution in [0.15, 0.2) is 53.3 Å². The molecule has 3 aromatic rings. The smallest absolute Gasteiger partial charge is 0.271 e. The van der Waals surface area contributed by atoms with Crippen LogP contribution in [0.4, 0.5) is 5.69 Å². The number of nitro benzene ring substituents is 1. The maximum absolute atomic E-state index is 12.8. The fourth-order valence-corrected chi connectivity index (χ4v) is 3.19. The van der Waals surface area contributed by atoms with Crippen LogP contribution in [0.3, 0.4) is 0 Å². The summed E-state index contributed by atoms with van der Waals surface area (Å²) in [5.41, 5.74) is 0.540. The van der Waals surface area contributed by atoms with Crippen molar-refractivity contribution in [3.05, 3.63) is 96.8 Å². The zero-order valence-electron chi connectivity index (χ0n) is 17.4. The molecule has 0 bridgehead atoms. The molecular formula is C23H19N3O6. The number of carbonyl (C=O) groups excluding carboxylic acids is 1. The molecule has 1 heterocycles. The summed E-state index contributed by atoms with van der Waals surface area (Å²) in [5.74, 6) is -0.980. The average molecular weight is 433 g/mol. The van der Waals surface area contributed by atoms with E-state index in [1.807, 2.05) is 25.1 Å². The Kier molecular flexibility index (Phi) is 6.35. The minimum absolute atomic E-state index is 0.0244. The normalized spacial score (nSPS) is 10.4. The first-order valence-corrected chi connectivity index (χ1v) is 9.55. The second-order valence-corrected chi connectivity index (χ2v) is 7.15. The minimum Gasteiger partial charge on any atom is -0.494 e. The van der Waals surface area contributed by atoms with Crippen LogP contribution >= 0.6 is 0 Å². The third-order valence-electron chi connectivity index (χ3n) is 4.96. The molecule has 3 rings (SSSR count). The minimum atomic E-state index is -0.698. The summed E-state index contributed by atoms with van der Waals surface area (Å²) in [6.45, 7) is 2.80. The molecule has 0 saturated carbocycles. The molecule has 0 amide bonds. The number of pyridine rings is 1. The number of nitrogens with zero attached hydrogens (tertiary/aromatic N) is 3. The van der Waals surface area contributed by atoms with Gasteiger partial charge in [-0.05, 0) is 37.1 Å². The first-order chi connectivity index (χ1) is 15.2. The van der Waals surface area contributed by atoms with Crippen LogP contribution in [0.2, 0.25) is 0 Å². The number of non-ortho nitro benzene ring substituents is 1. The van der Waals surface area contributed by atoms with Gasteiger partial charge in [-0.2, -0.15) is 5.26 Å². The maximum Gasteiger partial charge on any atom is 0.271 e. The van der Waals surface area contributed by atoms with Gasteiger partial charge >= 0.3 is 0 Å². The highest BCUT2D eigenvalue weighted by molar-refractivity contribution is 6.01. The lowest BCUT2D eigenvalue weighted by molar-refractivity contribution is -0.384. The first kappa shape index (κ1) is 22.2. The fraction of sp³-hybridized carbons (Fsp3) is 0.174. The molecule has 0 aliphatic rings. The van der Waals surface area contributed by atoms with Crippen molar-refractivity contribution in [1.29, 1.82) is 5.26 Å². The van der Waals surface area contributed by atoms with Gasteiger partial charge in [0.15, 0.2) is 6.61 Å². The number of benzene rings is 2. The van der Waals surface area contributed by atoms with Gasteiger partial charge in [-0.25, -0.2) is 0 Å². The Hall–Kier alpha value is -4.45. The highest BCUT2D eigenvalue weighted by Gasteiger charge is 2.24. The zero-order valence-corrected chi connectivity index (χ0v) is 17.4. The predicted molar refractivity (Wildman–Crippen MR) is 115 cm³/mol. The molecule has 0 unspecified atom stereocenters. The summed E-state index contributed by atoms with van der Waals surface area (Å²) in [6, 6.07) is 14.2. The van der Waals surface area contributed by atoms with Crippen molar-refractivity contribution in [2.45, 2.75) is 20.4 Å². The molecule has 0 spiro atoms. The summed E-state index contributed by atoms with van der Waals surface area (Å²) in [4.78, 5) is 35.8. The number of ether oxygens (including phenoxy) is 1. The molecule has 1 N–H and O–H groups in total. The molecule has 32 heavy (non-hydrogen) atoms. The lowest BCUT2D eigenvalue weighted by Gasteiger charge is -2.16. The van der Waals surface area contributed by atoms with E-state index in [-0.39, 0.29) is 34.7 Å². The molecule has 2 aromatic carbocycles. The Balaban J connectivity index is 1.93. The van der Waals surface area contributed by atoms with Gasteiger partial charge in [0.25, 0.3) is 11.2 Å². The van der Waals surface area contributed by atoms with Crippen molar-refractivity contribution >= 4 is 11.5 Å². The number of rotatable bonds is 7. The molecule has 0 aliphatic carbocycles. The van der Waals surface area contributed by atoms with E-state index in [2.05, 4.69) is 0 Å². The van der Waals surface area contributed by atoms with Gasteiger partial charge in [-0.1, -0.05) is 29.8 Å². The molecule has 9 nitrogen and oxygen atoms in total. The summed E-state index contributed by atoms with van der Waals surface area (Å²) in [7, 11) is 0. The third-order valence-corrected chi connectivity index (χ3v) is 4.96. The van der Waals surface area contributed by atoms with Crippen LogP contribution < -0.4 is 10.3 Å². The van der Waals surface area contributed by atoms with Crippen LogP contribution in [-0.4, -0.2) is 27.0 Å². The number of aromatic nitrogens is 1. The largest absolute Gasteiger partial charge is 0.494 e. The Morgan fingerprint density at radius 2 is 1.78 bits per heavy atom. The first-order valence-electron chi connectivity index (χ1n) is 9.55. The van der Waals surface area contributed by atoms with E-state index in [1.54, 1.807) is 12.1 Å². The molecule has 0 fully saturated rings. The highest BCUT2D eigenvalue weighted by Crippen LogP contribution is 2.24. The third kappa shape index (κ3) is 4.49. The van der Waals surface area contributed by atoms with Gasteiger partial charge < -0.3 is 9.84 Å². The number of aryl methyl sites for hydroxylation is 1. The van der Waals surface area contributed by atoms with E-state index in [0.717, 1.165) is 10.1 Å².